The van der Waals surface area contributed by atoms with Gasteiger partial charge in [-0.15, -0.1) is 0 Å². The average molecular weight is 440 g/mol. The molecule has 0 aliphatic carbocycles. The Hall–Kier alpha value is -2.91. The molecule has 0 fully saturated rings. The number of halogens is 1. The van der Waals surface area contributed by atoms with Crippen molar-refractivity contribution < 1.29 is 36.2 Å². The van der Waals surface area contributed by atoms with Crippen LogP contribution in [0, 0.1) is 20.2 Å². The van der Waals surface area contributed by atoms with Gasteiger partial charge < -0.3 is 26.4 Å². The van der Waals surface area contributed by atoms with Gasteiger partial charge in [-0.05, 0) is 26.0 Å². The highest BCUT2D eigenvalue weighted by molar-refractivity contribution is 5.44. The van der Waals surface area contributed by atoms with E-state index in [2.05, 4.69) is 0 Å². The van der Waals surface area contributed by atoms with Crippen LogP contribution in [0.2, 0.25) is 0 Å². The van der Waals surface area contributed by atoms with E-state index in [1.165, 1.54) is 38.5 Å². The minimum absolute atomic E-state index is 0. The molecule has 0 bridgehead atoms. The second-order valence-electron chi connectivity index (χ2n) is 6.80. The van der Waals surface area contributed by atoms with Crippen LogP contribution < -0.4 is 21.9 Å². The number of nitro benzene ring substituents is 2. The summed E-state index contributed by atoms with van der Waals surface area (Å²) in [5.74, 6) is 1.15. The van der Waals surface area contributed by atoms with Gasteiger partial charge >= 0.3 is 0 Å². The van der Waals surface area contributed by atoms with Crippen LogP contribution in [0.1, 0.15) is 25.0 Å². The normalized spacial score (nSPS) is 10.8. The van der Waals surface area contributed by atoms with Crippen molar-refractivity contribution in [2.24, 2.45) is 0 Å². The zero-order chi connectivity index (χ0) is 21.6. The van der Waals surface area contributed by atoms with Crippen LogP contribution in [0.4, 0.5) is 11.4 Å². The predicted molar refractivity (Wildman–Crippen MR) is 108 cm³/mol. The topological polar surface area (TPSA) is 105 Å². The van der Waals surface area contributed by atoms with E-state index in [4.69, 9.17) is 9.47 Å². The molecule has 9 nitrogen and oxygen atoms in total. The quantitative estimate of drug-likeness (QED) is 0.311. The molecular weight excluding hydrogens is 414 g/mol. The van der Waals surface area contributed by atoms with Gasteiger partial charge in [0.05, 0.1) is 48.3 Å². The number of quaternary nitrogens is 1. The van der Waals surface area contributed by atoms with E-state index < -0.39 is 9.85 Å². The van der Waals surface area contributed by atoms with Crippen LogP contribution >= 0.6 is 0 Å². The molecular formula is C20H26ClN3O6. The number of nitro groups is 2. The van der Waals surface area contributed by atoms with Crippen LogP contribution in [-0.4, -0.2) is 41.6 Å². The Morgan fingerprint density at radius 1 is 0.800 bits per heavy atom. The fourth-order valence-electron chi connectivity index (χ4n) is 3.45. The molecule has 0 aliphatic heterocycles. The van der Waals surface area contributed by atoms with Gasteiger partial charge in [-0.3, -0.25) is 20.2 Å². The van der Waals surface area contributed by atoms with E-state index in [-0.39, 0.29) is 23.8 Å². The monoisotopic (exact) mass is 439 g/mol. The lowest BCUT2D eigenvalue weighted by atomic mass is 10.1. The van der Waals surface area contributed by atoms with Gasteiger partial charge in [-0.2, -0.15) is 0 Å². The van der Waals surface area contributed by atoms with Gasteiger partial charge in [0.25, 0.3) is 11.4 Å². The lowest BCUT2D eigenvalue weighted by Gasteiger charge is -2.37. The molecule has 0 aliphatic rings. The van der Waals surface area contributed by atoms with E-state index >= 15 is 0 Å². The lowest BCUT2D eigenvalue weighted by molar-refractivity contribution is -0.950. The number of methoxy groups -OCH3 is 2. The predicted octanol–water partition coefficient (Wildman–Crippen LogP) is 1.08. The van der Waals surface area contributed by atoms with Crippen molar-refractivity contribution in [2.45, 2.75) is 26.9 Å². The molecule has 30 heavy (non-hydrogen) atoms. The first kappa shape index (κ1) is 25.1. The third-order valence-electron chi connectivity index (χ3n) is 5.30. The largest absolute Gasteiger partial charge is 1.00 e. The van der Waals surface area contributed by atoms with Gasteiger partial charge in [0, 0.05) is 24.3 Å². The number of benzene rings is 2. The highest BCUT2D eigenvalue weighted by Crippen LogP contribution is 2.32. The van der Waals surface area contributed by atoms with E-state index in [0.717, 1.165) is 11.1 Å². The molecule has 2 rings (SSSR count). The summed E-state index contributed by atoms with van der Waals surface area (Å²) in [5, 5.41) is 22.4. The van der Waals surface area contributed by atoms with Crippen molar-refractivity contribution in [3.63, 3.8) is 0 Å². The summed E-state index contributed by atoms with van der Waals surface area (Å²) >= 11 is 0. The van der Waals surface area contributed by atoms with Crippen molar-refractivity contribution in [3.05, 3.63) is 67.8 Å². The van der Waals surface area contributed by atoms with E-state index in [1.807, 2.05) is 13.8 Å². The third kappa shape index (κ3) is 5.58. The summed E-state index contributed by atoms with van der Waals surface area (Å²) in [4.78, 5) is 21.6. The Labute approximate surface area is 181 Å². The molecule has 0 heterocycles. The van der Waals surface area contributed by atoms with Crippen molar-refractivity contribution in [1.29, 1.82) is 0 Å². The summed E-state index contributed by atoms with van der Waals surface area (Å²) in [6.07, 6.45) is 0. The molecule has 0 saturated heterocycles. The average Bonchev–Trinajstić information content (AvgIpc) is 2.72. The first-order valence-electron chi connectivity index (χ1n) is 9.26. The van der Waals surface area contributed by atoms with Gasteiger partial charge in [0.1, 0.15) is 24.6 Å². The molecule has 0 N–H and O–H groups in total. The standard InChI is InChI=1S/C20H26N3O6.ClH/c1-5-23(6-2,13-15-11-17(21(24)25)7-9-19(15)28-3)14-16-12-18(22(26)27)8-10-20(16)29-4;/h7-12H,5-6,13-14H2,1-4H3;1H/q+1;/p-1. The Balaban J connectivity index is 0.00000450. The van der Waals surface area contributed by atoms with E-state index in [1.54, 1.807) is 12.1 Å². The minimum atomic E-state index is -0.431. The highest BCUT2D eigenvalue weighted by Gasteiger charge is 2.29. The van der Waals surface area contributed by atoms with Crippen LogP contribution in [0.25, 0.3) is 0 Å². The first-order chi connectivity index (χ1) is 13.8. The second-order valence-corrected chi connectivity index (χ2v) is 6.80. The van der Waals surface area contributed by atoms with Gasteiger partial charge in [0.2, 0.25) is 0 Å². The number of rotatable bonds is 10. The number of ether oxygens (including phenoxy) is 2. The van der Waals surface area contributed by atoms with Crippen molar-refractivity contribution in [3.8, 4) is 11.5 Å². The molecule has 10 heteroatoms. The Kier molecular flexibility index (Phi) is 9.00. The van der Waals surface area contributed by atoms with Crippen LogP contribution in [-0.2, 0) is 13.1 Å². The van der Waals surface area contributed by atoms with Crippen LogP contribution in [0.5, 0.6) is 11.5 Å². The zero-order valence-corrected chi connectivity index (χ0v) is 18.2. The molecule has 0 spiro atoms. The number of nitrogens with zero attached hydrogens (tertiary/aromatic N) is 3. The third-order valence-corrected chi connectivity index (χ3v) is 5.30. The molecule has 2 aromatic rings. The Bertz CT molecular complexity index is 833. The number of hydrogen-bond acceptors (Lipinski definition) is 6. The summed E-state index contributed by atoms with van der Waals surface area (Å²) < 4.78 is 11.4. The summed E-state index contributed by atoms with van der Waals surface area (Å²) in [5.41, 5.74) is 1.43. The zero-order valence-electron chi connectivity index (χ0n) is 17.5. The molecule has 0 radical (unpaired) electrons. The maximum atomic E-state index is 11.2. The maximum absolute atomic E-state index is 11.2. The molecule has 2 aromatic carbocycles. The smallest absolute Gasteiger partial charge is 0.270 e. The molecule has 0 saturated carbocycles. The summed E-state index contributed by atoms with van der Waals surface area (Å²) in [6.45, 7) is 6.43. The van der Waals surface area contributed by atoms with E-state index in [9.17, 15) is 20.2 Å². The minimum Gasteiger partial charge on any atom is -1.00 e. The maximum Gasteiger partial charge on any atom is 0.270 e. The molecule has 0 unspecified atom stereocenters. The van der Waals surface area contributed by atoms with Crippen molar-refractivity contribution in [1.82, 2.24) is 0 Å². The van der Waals surface area contributed by atoms with Crippen molar-refractivity contribution >= 4 is 11.4 Å². The fraction of sp³-hybridized carbons (Fsp3) is 0.400. The SMILES string of the molecule is CC[N+](CC)(Cc1cc([N+](=O)[O-])ccc1OC)Cc1cc([N+](=O)[O-])ccc1OC.[Cl-]. The van der Waals surface area contributed by atoms with Crippen molar-refractivity contribution in [2.75, 3.05) is 27.3 Å². The first-order valence-corrected chi connectivity index (χ1v) is 9.26. The molecule has 0 atom stereocenters. The molecule has 0 aromatic heterocycles. The van der Waals surface area contributed by atoms with Gasteiger partial charge in [-0.1, -0.05) is 0 Å². The lowest BCUT2D eigenvalue weighted by Crippen LogP contribution is -3.00. The second kappa shape index (κ2) is 10.7. The Morgan fingerprint density at radius 3 is 1.43 bits per heavy atom. The number of hydrogen-bond donors (Lipinski definition) is 0. The number of non-ortho nitro benzene ring substituents is 2. The molecule has 0 amide bonds. The van der Waals surface area contributed by atoms with E-state index in [0.29, 0.717) is 42.2 Å². The summed E-state index contributed by atoms with van der Waals surface area (Å²) in [7, 11) is 3.06. The highest BCUT2D eigenvalue weighted by atomic mass is 35.5. The van der Waals surface area contributed by atoms with Gasteiger partial charge in [0.15, 0.2) is 0 Å². The van der Waals surface area contributed by atoms with Gasteiger partial charge in [-0.25, -0.2) is 0 Å². The Morgan fingerprint density at radius 2 is 1.17 bits per heavy atom. The fourth-order valence-corrected chi connectivity index (χ4v) is 3.45. The summed E-state index contributed by atoms with van der Waals surface area (Å²) in [6, 6.07) is 9.09. The van der Waals surface area contributed by atoms with Crippen LogP contribution in [0.15, 0.2) is 36.4 Å². The van der Waals surface area contributed by atoms with Crippen LogP contribution in [0.3, 0.4) is 0 Å². The molecule has 164 valence electrons.